The molecule has 3 heteroatoms. The van der Waals surface area contributed by atoms with E-state index in [0.717, 1.165) is 24.5 Å². The number of fused-ring (bicyclic) bond motifs is 3. The van der Waals surface area contributed by atoms with Crippen LogP contribution in [0.25, 0.3) is 10.9 Å². The van der Waals surface area contributed by atoms with Gasteiger partial charge in [0, 0.05) is 24.7 Å². The largest absolute Gasteiger partial charge is 0.345 e. The highest BCUT2D eigenvalue weighted by Crippen LogP contribution is 2.31. The van der Waals surface area contributed by atoms with Gasteiger partial charge in [-0.2, -0.15) is 0 Å². The summed E-state index contributed by atoms with van der Waals surface area (Å²) in [5.74, 6) is 0. The van der Waals surface area contributed by atoms with E-state index in [1.54, 1.807) is 0 Å². The van der Waals surface area contributed by atoms with Gasteiger partial charge in [0.1, 0.15) is 0 Å². The van der Waals surface area contributed by atoms with Crippen molar-refractivity contribution in [3.8, 4) is 0 Å². The summed E-state index contributed by atoms with van der Waals surface area (Å²) in [6.07, 6.45) is 1.10. The molecule has 0 atom stereocenters. The van der Waals surface area contributed by atoms with E-state index in [1.165, 1.54) is 22.2 Å². The number of benzene rings is 1. The van der Waals surface area contributed by atoms with E-state index in [4.69, 9.17) is 11.6 Å². The molecule has 15 heavy (non-hydrogen) atoms. The standard InChI is InChI=1S/C12H13ClN2/c1-15-11-7-14-6-5-8(11)9-3-2-4-10(13)12(9)15/h2-4,14H,5-7H2,1H3. The molecule has 1 aliphatic rings. The smallest absolute Gasteiger partial charge is 0.0672 e. The van der Waals surface area contributed by atoms with Gasteiger partial charge in [0.25, 0.3) is 0 Å². The fourth-order valence-corrected chi connectivity index (χ4v) is 2.82. The molecule has 0 spiro atoms. The van der Waals surface area contributed by atoms with Crippen LogP contribution >= 0.6 is 11.6 Å². The molecular weight excluding hydrogens is 208 g/mol. The summed E-state index contributed by atoms with van der Waals surface area (Å²) in [4.78, 5) is 0. The lowest BCUT2D eigenvalue weighted by atomic mass is 10.1. The molecule has 1 aromatic carbocycles. The Morgan fingerprint density at radius 1 is 1.40 bits per heavy atom. The summed E-state index contributed by atoms with van der Waals surface area (Å²) < 4.78 is 2.22. The number of para-hydroxylation sites is 1. The van der Waals surface area contributed by atoms with Gasteiger partial charge < -0.3 is 9.88 Å². The van der Waals surface area contributed by atoms with E-state index in [-0.39, 0.29) is 0 Å². The molecule has 0 fully saturated rings. The van der Waals surface area contributed by atoms with Gasteiger partial charge in [0.15, 0.2) is 0 Å². The minimum Gasteiger partial charge on any atom is -0.345 e. The van der Waals surface area contributed by atoms with E-state index in [9.17, 15) is 0 Å². The molecule has 1 aromatic heterocycles. The van der Waals surface area contributed by atoms with Gasteiger partial charge in [-0.3, -0.25) is 0 Å². The van der Waals surface area contributed by atoms with Gasteiger partial charge >= 0.3 is 0 Å². The molecule has 0 radical (unpaired) electrons. The molecule has 1 aliphatic heterocycles. The van der Waals surface area contributed by atoms with Crippen LogP contribution in [0.2, 0.25) is 5.02 Å². The van der Waals surface area contributed by atoms with Crippen molar-refractivity contribution in [2.75, 3.05) is 6.54 Å². The van der Waals surface area contributed by atoms with Crippen LogP contribution in [0.4, 0.5) is 0 Å². The number of hydrogen-bond donors (Lipinski definition) is 1. The molecule has 2 aromatic rings. The first kappa shape index (κ1) is 9.25. The van der Waals surface area contributed by atoms with Gasteiger partial charge in [-0.25, -0.2) is 0 Å². The maximum absolute atomic E-state index is 6.24. The Balaban J connectivity index is 2.44. The summed E-state index contributed by atoms with van der Waals surface area (Å²) in [6, 6.07) is 6.17. The second kappa shape index (κ2) is 3.26. The molecule has 0 bridgehead atoms. The third-order valence-corrected chi connectivity index (χ3v) is 3.55. The minimum atomic E-state index is 0.851. The highest BCUT2D eigenvalue weighted by molar-refractivity contribution is 6.35. The highest BCUT2D eigenvalue weighted by Gasteiger charge is 2.18. The van der Waals surface area contributed by atoms with Crippen molar-refractivity contribution in [3.05, 3.63) is 34.5 Å². The van der Waals surface area contributed by atoms with Gasteiger partial charge in [0.05, 0.1) is 10.5 Å². The molecule has 0 aliphatic carbocycles. The Morgan fingerprint density at radius 3 is 3.13 bits per heavy atom. The molecule has 1 N–H and O–H groups in total. The molecule has 3 rings (SSSR count). The molecule has 78 valence electrons. The molecule has 0 saturated carbocycles. The SMILES string of the molecule is Cn1c2c(c3cccc(Cl)c31)CCNC2. The number of aryl methyl sites for hydroxylation is 1. The van der Waals surface area contributed by atoms with Gasteiger partial charge in [-0.05, 0) is 24.6 Å². The summed E-state index contributed by atoms with van der Waals surface area (Å²) in [6.45, 7) is 2.02. The minimum absolute atomic E-state index is 0.851. The average molecular weight is 221 g/mol. The van der Waals surface area contributed by atoms with Crippen LogP contribution in [-0.4, -0.2) is 11.1 Å². The van der Waals surface area contributed by atoms with E-state index >= 15 is 0 Å². The van der Waals surface area contributed by atoms with E-state index in [0.29, 0.717) is 0 Å². The van der Waals surface area contributed by atoms with Crippen LogP contribution in [-0.2, 0) is 20.0 Å². The number of aromatic nitrogens is 1. The molecule has 0 saturated heterocycles. The number of rotatable bonds is 0. The zero-order valence-electron chi connectivity index (χ0n) is 8.68. The maximum atomic E-state index is 6.24. The average Bonchev–Trinajstić information content (AvgIpc) is 2.55. The Kier molecular flexibility index (Phi) is 2.01. The zero-order valence-corrected chi connectivity index (χ0v) is 9.43. The van der Waals surface area contributed by atoms with Crippen molar-refractivity contribution in [2.24, 2.45) is 7.05 Å². The monoisotopic (exact) mass is 220 g/mol. The van der Waals surface area contributed by atoms with Crippen molar-refractivity contribution >= 4 is 22.5 Å². The predicted molar refractivity (Wildman–Crippen MR) is 63.3 cm³/mol. The lowest BCUT2D eigenvalue weighted by Crippen LogP contribution is -2.24. The van der Waals surface area contributed by atoms with E-state index in [2.05, 4.69) is 23.0 Å². The number of nitrogens with one attached hydrogen (secondary N) is 1. The van der Waals surface area contributed by atoms with Gasteiger partial charge in [-0.15, -0.1) is 0 Å². The molecule has 0 unspecified atom stereocenters. The fourth-order valence-electron chi connectivity index (χ4n) is 2.52. The van der Waals surface area contributed by atoms with E-state index < -0.39 is 0 Å². The van der Waals surface area contributed by atoms with Crippen molar-refractivity contribution in [3.63, 3.8) is 0 Å². The molecule has 2 nitrogen and oxygen atoms in total. The Labute approximate surface area is 93.8 Å². The van der Waals surface area contributed by atoms with Gasteiger partial charge in [0.2, 0.25) is 0 Å². The second-order valence-corrected chi connectivity index (χ2v) is 4.45. The lowest BCUT2D eigenvalue weighted by Gasteiger charge is -2.14. The Hall–Kier alpha value is -0.990. The first-order valence-electron chi connectivity index (χ1n) is 5.24. The van der Waals surface area contributed by atoms with Crippen LogP contribution in [0, 0.1) is 0 Å². The van der Waals surface area contributed by atoms with Crippen molar-refractivity contribution < 1.29 is 0 Å². The topological polar surface area (TPSA) is 17.0 Å². The van der Waals surface area contributed by atoms with Crippen molar-refractivity contribution in [2.45, 2.75) is 13.0 Å². The summed E-state index contributed by atoms with van der Waals surface area (Å²) in [7, 11) is 2.10. The first-order valence-corrected chi connectivity index (χ1v) is 5.62. The van der Waals surface area contributed by atoms with Crippen LogP contribution in [0.1, 0.15) is 11.3 Å². The highest BCUT2D eigenvalue weighted by atomic mass is 35.5. The molecule has 2 heterocycles. The first-order chi connectivity index (χ1) is 7.29. The normalized spacial score (nSPS) is 15.6. The van der Waals surface area contributed by atoms with Crippen LogP contribution in [0.15, 0.2) is 18.2 Å². The molecular formula is C12H13ClN2. The maximum Gasteiger partial charge on any atom is 0.0672 e. The fraction of sp³-hybridized carbons (Fsp3) is 0.333. The van der Waals surface area contributed by atoms with Crippen molar-refractivity contribution in [1.29, 1.82) is 0 Å². The van der Waals surface area contributed by atoms with Crippen LogP contribution in [0.5, 0.6) is 0 Å². The summed E-state index contributed by atoms with van der Waals surface area (Å²) in [5, 5.41) is 5.57. The van der Waals surface area contributed by atoms with Crippen molar-refractivity contribution in [1.82, 2.24) is 9.88 Å². The van der Waals surface area contributed by atoms with Gasteiger partial charge in [-0.1, -0.05) is 23.7 Å². The quantitative estimate of drug-likeness (QED) is 0.722. The number of nitrogens with zero attached hydrogens (tertiary/aromatic N) is 1. The third kappa shape index (κ3) is 1.22. The Bertz CT molecular complexity index is 528. The second-order valence-electron chi connectivity index (χ2n) is 4.05. The molecule has 0 amide bonds. The number of halogens is 1. The predicted octanol–water partition coefficient (Wildman–Crippen LogP) is 2.48. The number of hydrogen-bond acceptors (Lipinski definition) is 1. The van der Waals surface area contributed by atoms with Crippen LogP contribution < -0.4 is 5.32 Å². The summed E-state index contributed by atoms with van der Waals surface area (Å²) >= 11 is 6.24. The Morgan fingerprint density at radius 2 is 2.27 bits per heavy atom. The lowest BCUT2D eigenvalue weighted by molar-refractivity contribution is 0.614. The zero-order chi connectivity index (χ0) is 10.4. The van der Waals surface area contributed by atoms with E-state index in [1.807, 2.05) is 12.1 Å². The van der Waals surface area contributed by atoms with Crippen LogP contribution in [0.3, 0.4) is 0 Å². The summed E-state index contributed by atoms with van der Waals surface area (Å²) in [5.41, 5.74) is 4.02. The third-order valence-electron chi connectivity index (χ3n) is 3.24.